The molecule has 1 aromatic heterocycles. The zero-order valence-electron chi connectivity index (χ0n) is 12.6. The molecule has 20 heavy (non-hydrogen) atoms. The van der Waals surface area contributed by atoms with Crippen molar-refractivity contribution in [2.45, 2.75) is 45.9 Å². The molecule has 108 valence electrons. The first-order chi connectivity index (χ1) is 9.35. The zero-order chi connectivity index (χ0) is 14.8. The smallest absolute Gasteiger partial charge is 0.134 e. The Balaban J connectivity index is 2.08. The monoisotopic (exact) mass is 273 g/mol. The molecule has 0 spiro atoms. The molecule has 2 rings (SSSR count). The average Bonchev–Trinajstić information content (AvgIpc) is 2.84. The van der Waals surface area contributed by atoms with E-state index in [1.807, 2.05) is 36.4 Å². The van der Waals surface area contributed by atoms with Crippen molar-refractivity contribution in [1.82, 2.24) is 5.32 Å². The van der Waals surface area contributed by atoms with Crippen LogP contribution in [0, 0.1) is 0 Å². The second kappa shape index (κ2) is 5.81. The molecular weight excluding hydrogens is 250 g/mol. The lowest BCUT2D eigenvalue weighted by Crippen LogP contribution is -2.34. The van der Waals surface area contributed by atoms with E-state index in [4.69, 9.17) is 4.42 Å². The van der Waals surface area contributed by atoms with Crippen molar-refractivity contribution in [3.63, 3.8) is 0 Å². The predicted molar refractivity (Wildman–Crippen MR) is 81.4 cm³/mol. The Morgan fingerprint density at radius 3 is 2.30 bits per heavy atom. The van der Waals surface area contributed by atoms with Crippen molar-refractivity contribution < 1.29 is 9.52 Å². The average molecular weight is 273 g/mol. The van der Waals surface area contributed by atoms with Gasteiger partial charge in [-0.05, 0) is 45.4 Å². The number of hydrogen-bond donors (Lipinski definition) is 2. The molecule has 0 aliphatic carbocycles. The van der Waals surface area contributed by atoms with Crippen molar-refractivity contribution in [3.05, 3.63) is 47.7 Å². The third-order valence-electron chi connectivity index (χ3n) is 3.13. The summed E-state index contributed by atoms with van der Waals surface area (Å²) in [6.07, 6.45) is -0.438. The molecule has 0 aliphatic heterocycles. The maximum absolute atomic E-state index is 9.50. The van der Waals surface area contributed by atoms with Gasteiger partial charge in [-0.15, -0.1) is 0 Å². The van der Waals surface area contributed by atoms with Gasteiger partial charge in [-0.1, -0.05) is 24.3 Å². The van der Waals surface area contributed by atoms with Gasteiger partial charge in [0.2, 0.25) is 0 Å². The van der Waals surface area contributed by atoms with Crippen molar-refractivity contribution >= 4 is 0 Å². The maximum atomic E-state index is 9.50. The van der Waals surface area contributed by atoms with Crippen LogP contribution in [0.5, 0.6) is 0 Å². The van der Waals surface area contributed by atoms with Gasteiger partial charge in [-0.2, -0.15) is 0 Å². The number of aliphatic hydroxyl groups excluding tert-OH is 1. The third-order valence-corrected chi connectivity index (χ3v) is 3.13. The van der Waals surface area contributed by atoms with Crippen LogP contribution >= 0.6 is 0 Å². The first-order valence-electron chi connectivity index (χ1n) is 6.97. The van der Waals surface area contributed by atoms with Gasteiger partial charge in [0.25, 0.3) is 0 Å². The Bertz CT molecular complexity index is 547. The first-order valence-corrected chi connectivity index (χ1v) is 6.97. The summed E-state index contributed by atoms with van der Waals surface area (Å²) in [5.74, 6) is 1.78. The molecule has 1 atom stereocenters. The summed E-state index contributed by atoms with van der Waals surface area (Å²) in [7, 11) is 0. The Morgan fingerprint density at radius 2 is 1.75 bits per heavy atom. The normalized spacial score (nSPS) is 13.4. The van der Waals surface area contributed by atoms with Crippen LogP contribution in [-0.4, -0.2) is 10.6 Å². The van der Waals surface area contributed by atoms with E-state index in [-0.39, 0.29) is 5.54 Å². The summed E-state index contributed by atoms with van der Waals surface area (Å²) in [5, 5.41) is 12.9. The van der Waals surface area contributed by atoms with E-state index in [9.17, 15) is 5.11 Å². The number of aliphatic hydroxyl groups is 1. The molecule has 1 unspecified atom stereocenters. The summed E-state index contributed by atoms with van der Waals surface area (Å²) in [5.41, 5.74) is 2.01. The Kier molecular flexibility index (Phi) is 4.31. The molecule has 0 bridgehead atoms. The summed E-state index contributed by atoms with van der Waals surface area (Å²) in [6, 6.07) is 11.8. The first kappa shape index (κ1) is 14.8. The Hall–Kier alpha value is -1.58. The fourth-order valence-corrected chi connectivity index (χ4v) is 1.91. The highest BCUT2D eigenvalue weighted by atomic mass is 16.3. The quantitative estimate of drug-likeness (QED) is 0.888. The number of furan rings is 1. The van der Waals surface area contributed by atoms with Gasteiger partial charge in [-0.25, -0.2) is 0 Å². The highest BCUT2D eigenvalue weighted by Gasteiger charge is 2.11. The van der Waals surface area contributed by atoms with Crippen LogP contribution in [0.15, 0.2) is 40.8 Å². The molecule has 0 saturated carbocycles. The van der Waals surface area contributed by atoms with Crippen LogP contribution in [0.2, 0.25) is 0 Å². The summed E-state index contributed by atoms with van der Waals surface area (Å²) >= 11 is 0. The van der Waals surface area contributed by atoms with E-state index in [2.05, 4.69) is 26.1 Å². The van der Waals surface area contributed by atoms with Crippen LogP contribution in [0.25, 0.3) is 11.3 Å². The molecule has 3 nitrogen and oxygen atoms in total. The lowest BCUT2D eigenvalue weighted by atomic mass is 10.1. The van der Waals surface area contributed by atoms with Gasteiger partial charge < -0.3 is 14.8 Å². The van der Waals surface area contributed by atoms with E-state index < -0.39 is 6.10 Å². The minimum Gasteiger partial charge on any atom is -0.460 e. The molecule has 0 amide bonds. The topological polar surface area (TPSA) is 45.4 Å². The van der Waals surface area contributed by atoms with Crippen molar-refractivity contribution in [3.8, 4) is 11.3 Å². The Morgan fingerprint density at radius 1 is 1.10 bits per heavy atom. The molecule has 0 aliphatic rings. The highest BCUT2D eigenvalue weighted by Crippen LogP contribution is 2.24. The molecule has 0 radical (unpaired) electrons. The molecule has 1 aromatic carbocycles. The molecular formula is C17H23NO2. The number of hydrogen-bond acceptors (Lipinski definition) is 3. The van der Waals surface area contributed by atoms with Crippen molar-refractivity contribution in [2.75, 3.05) is 0 Å². The van der Waals surface area contributed by atoms with Crippen molar-refractivity contribution in [1.29, 1.82) is 0 Å². The fourth-order valence-electron chi connectivity index (χ4n) is 1.91. The van der Waals surface area contributed by atoms with Crippen molar-refractivity contribution in [2.24, 2.45) is 0 Å². The number of benzene rings is 1. The van der Waals surface area contributed by atoms with E-state index in [0.717, 1.165) is 29.2 Å². The number of rotatable bonds is 4. The zero-order valence-corrected chi connectivity index (χ0v) is 12.6. The minimum absolute atomic E-state index is 0.0753. The highest BCUT2D eigenvalue weighted by molar-refractivity contribution is 5.58. The van der Waals surface area contributed by atoms with Gasteiger partial charge in [0.1, 0.15) is 11.5 Å². The van der Waals surface area contributed by atoms with Crippen LogP contribution in [0.3, 0.4) is 0 Å². The minimum atomic E-state index is -0.438. The van der Waals surface area contributed by atoms with E-state index in [0.29, 0.717) is 0 Å². The SMILES string of the molecule is CC(O)c1ccc(-c2ccc(CNC(C)(C)C)o2)cc1. The molecule has 0 saturated heterocycles. The molecule has 2 aromatic rings. The standard InChI is InChI=1S/C17H23NO2/c1-12(19)13-5-7-14(8-6-13)16-10-9-15(20-16)11-18-17(2,3)4/h5-10,12,18-19H,11H2,1-4H3. The summed E-state index contributed by atoms with van der Waals surface area (Å²) in [6.45, 7) is 8.87. The lowest BCUT2D eigenvalue weighted by molar-refractivity contribution is 0.199. The second-order valence-electron chi connectivity index (χ2n) is 6.17. The van der Waals surface area contributed by atoms with Crippen LogP contribution in [-0.2, 0) is 6.54 Å². The van der Waals surface area contributed by atoms with E-state index >= 15 is 0 Å². The molecule has 0 fully saturated rings. The summed E-state index contributed by atoms with van der Waals surface area (Å²) in [4.78, 5) is 0. The van der Waals surface area contributed by atoms with Gasteiger partial charge in [-0.3, -0.25) is 0 Å². The molecule has 1 heterocycles. The van der Waals surface area contributed by atoms with Gasteiger partial charge in [0, 0.05) is 11.1 Å². The van der Waals surface area contributed by atoms with Crippen LogP contribution < -0.4 is 5.32 Å². The second-order valence-corrected chi connectivity index (χ2v) is 6.17. The van der Waals surface area contributed by atoms with Gasteiger partial charge in [0.05, 0.1) is 12.6 Å². The lowest BCUT2D eigenvalue weighted by Gasteiger charge is -2.19. The molecule has 3 heteroatoms. The van der Waals surface area contributed by atoms with Crippen LogP contribution in [0.1, 0.15) is 45.1 Å². The largest absolute Gasteiger partial charge is 0.460 e. The van der Waals surface area contributed by atoms with Crippen LogP contribution in [0.4, 0.5) is 0 Å². The maximum Gasteiger partial charge on any atom is 0.134 e. The fraction of sp³-hybridized carbons (Fsp3) is 0.412. The number of nitrogens with one attached hydrogen (secondary N) is 1. The predicted octanol–water partition coefficient (Wildman–Crippen LogP) is 3.89. The molecule has 2 N–H and O–H groups in total. The van der Waals surface area contributed by atoms with E-state index in [1.165, 1.54) is 0 Å². The third kappa shape index (κ3) is 3.95. The van der Waals surface area contributed by atoms with Gasteiger partial charge >= 0.3 is 0 Å². The van der Waals surface area contributed by atoms with Gasteiger partial charge in [0.15, 0.2) is 0 Å². The summed E-state index contributed by atoms with van der Waals surface area (Å²) < 4.78 is 5.84. The Labute approximate surface area is 120 Å². The van der Waals surface area contributed by atoms with E-state index in [1.54, 1.807) is 6.92 Å².